The maximum Gasteiger partial charge on any atom is 0.352 e. The van der Waals surface area contributed by atoms with Crippen LogP contribution in [0.2, 0.25) is 0 Å². The molecule has 1 aromatic heterocycles. The zero-order valence-electron chi connectivity index (χ0n) is 10.6. The van der Waals surface area contributed by atoms with Gasteiger partial charge in [0.05, 0.1) is 0 Å². The monoisotopic (exact) mass is 286 g/mol. The highest BCUT2D eigenvalue weighted by Gasteiger charge is 2.08. The molecule has 0 amide bonds. The molecule has 3 aromatic rings. The lowest BCUT2D eigenvalue weighted by Gasteiger charge is -2.04. The number of carbonyl (C=O) groups excluding carboxylic acids is 1. The molecule has 0 saturated heterocycles. The summed E-state index contributed by atoms with van der Waals surface area (Å²) in [5, 5.41) is 1.23. The molecule has 0 aliphatic heterocycles. The first-order valence-electron chi connectivity index (χ1n) is 5.96. The number of carbonyl (C=O) groups is 1. The fraction of sp³-hybridized carbons (Fsp3) is 0.0667. The van der Waals surface area contributed by atoms with Crippen LogP contribution in [0, 0.1) is 0 Å². The molecule has 0 aliphatic rings. The Hall–Kier alpha value is -2.40. The predicted molar refractivity (Wildman–Crippen MR) is 78.0 cm³/mol. The summed E-state index contributed by atoms with van der Waals surface area (Å²) >= 11 is 1.54. The molecule has 20 heavy (non-hydrogen) atoms. The average molecular weight is 286 g/mol. The van der Waals surface area contributed by atoms with Crippen molar-refractivity contribution in [3.05, 3.63) is 52.7 Å². The zero-order chi connectivity index (χ0) is 14.1. The van der Waals surface area contributed by atoms with Crippen molar-refractivity contribution in [3.8, 4) is 5.75 Å². The Morgan fingerprint density at radius 1 is 1.05 bits per heavy atom. The van der Waals surface area contributed by atoms with Crippen molar-refractivity contribution < 1.29 is 14.6 Å². The van der Waals surface area contributed by atoms with Crippen molar-refractivity contribution in [2.75, 3.05) is 0 Å². The van der Waals surface area contributed by atoms with Crippen molar-refractivity contribution in [1.29, 1.82) is 0 Å². The molecule has 4 nitrogen and oxygen atoms in total. The van der Waals surface area contributed by atoms with Gasteiger partial charge in [-0.1, -0.05) is 12.1 Å². The van der Waals surface area contributed by atoms with Gasteiger partial charge in [-0.25, -0.2) is 4.79 Å². The Labute approximate surface area is 118 Å². The average Bonchev–Trinajstić information content (AvgIpc) is 2.46. The summed E-state index contributed by atoms with van der Waals surface area (Å²) < 4.78 is 1.81. The summed E-state index contributed by atoms with van der Waals surface area (Å²) in [6.07, 6.45) is 0. The van der Waals surface area contributed by atoms with Crippen LogP contribution in [0.1, 0.15) is 6.92 Å². The number of benzene rings is 2. The molecule has 5 heteroatoms. The third-order valence-corrected chi connectivity index (χ3v) is 3.95. The lowest BCUT2D eigenvalue weighted by molar-refractivity contribution is -0.210. The Balaban J connectivity index is 2.18. The standard InChI is InChI=1S/C15H10O4S/c1-9(16)18-19-10-6-7-14-12(8-10)15(17)11-4-2-3-5-13(11)20-14/h2-8H,1H3. The Morgan fingerprint density at radius 3 is 2.60 bits per heavy atom. The van der Waals surface area contributed by atoms with Crippen molar-refractivity contribution >= 4 is 37.5 Å². The van der Waals surface area contributed by atoms with Gasteiger partial charge in [-0.2, -0.15) is 0 Å². The molecule has 1 heterocycles. The van der Waals surface area contributed by atoms with E-state index < -0.39 is 5.97 Å². The molecule has 0 radical (unpaired) electrons. The first kappa shape index (κ1) is 12.6. The summed E-state index contributed by atoms with van der Waals surface area (Å²) in [4.78, 5) is 32.5. The molecule has 0 spiro atoms. The van der Waals surface area contributed by atoms with E-state index in [9.17, 15) is 9.59 Å². The molecule has 0 aliphatic carbocycles. The van der Waals surface area contributed by atoms with E-state index in [1.165, 1.54) is 18.3 Å². The van der Waals surface area contributed by atoms with Crippen LogP contribution in [0.4, 0.5) is 0 Å². The summed E-state index contributed by atoms with van der Waals surface area (Å²) in [6.45, 7) is 1.25. The van der Waals surface area contributed by atoms with Crippen LogP contribution in [0.5, 0.6) is 5.75 Å². The minimum Gasteiger partial charge on any atom is -0.289 e. The van der Waals surface area contributed by atoms with E-state index >= 15 is 0 Å². The van der Waals surface area contributed by atoms with Gasteiger partial charge < -0.3 is 0 Å². The number of hydrogen-bond acceptors (Lipinski definition) is 5. The van der Waals surface area contributed by atoms with Crippen LogP contribution in [0.15, 0.2) is 47.3 Å². The van der Waals surface area contributed by atoms with Crippen molar-refractivity contribution in [2.45, 2.75) is 6.92 Å². The van der Waals surface area contributed by atoms with Gasteiger partial charge in [0.1, 0.15) is 0 Å². The molecule has 0 bridgehead atoms. The Morgan fingerprint density at radius 2 is 1.80 bits per heavy atom. The van der Waals surface area contributed by atoms with Crippen LogP contribution in [-0.4, -0.2) is 5.97 Å². The Bertz CT molecular complexity index is 867. The smallest absolute Gasteiger partial charge is 0.289 e. The van der Waals surface area contributed by atoms with E-state index in [1.807, 2.05) is 18.2 Å². The van der Waals surface area contributed by atoms with Crippen LogP contribution >= 0.6 is 11.3 Å². The van der Waals surface area contributed by atoms with E-state index in [-0.39, 0.29) is 5.43 Å². The molecule has 0 saturated carbocycles. The second kappa shape index (κ2) is 4.94. The topological polar surface area (TPSA) is 52.6 Å². The summed E-state index contributed by atoms with van der Waals surface area (Å²) in [7, 11) is 0. The number of rotatable bonds is 2. The van der Waals surface area contributed by atoms with E-state index in [0.29, 0.717) is 16.5 Å². The second-order valence-electron chi connectivity index (χ2n) is 4.24. The first-order valence-corrected chi connectivity index (χ1v) is 6.77. The SMILES string of the molecule is CC(=O)OOc1ccc2sc3ccccc3c(=O)c2c1. The summed E-state index contributed by atoms with van der Waals surface area (Å²) in [5.74, 6) is -0.221. The second-order valence-corrected chi connectivity index (χ2v) is 5.33. The highest BCUT2D eigenvalue weighted by atomic mass is 32.1. The Kier molecular flexibility index (Phi) is 3.12. The van der Waals surface area contributed by atoms with Gasteiger partial charge in [0.25, 0.3) is 0 Å². The van der Waals surface area contributed by atoms with Gasteiger partial charge in [-0.05, 0) is 30.3 Å². The molecule has 0 atom stereocenters. The lowest BCUT2D eigenvalue weighted by Crippen LogP contribution is -2.04. The van der Waals surface area contributed by atoms with Gasteiger partial charge in [0, 0.05) is 27.1 Å². The van der Waals surface area contributed by atoms with Crippen LogP contribution < -0.4 is 10.3 Å². The van der Waals surface area contributed by atoms with Gasteiger partial charge in [-0.15, -0.1) is 11.3 Å². The summed E-state index contributed by atoms with van der Waals surface area (Å²) in [6, 6.07) is 12.5. The minimum absolute atomic E-state index is 0.0531. The van der Waals surface area contributed by atoms with E-state index in [0.717, 1.165) is 9.40 Å². The number of fused-ring (bicyclic) bond motifs is 2. The molecule has 0 fully saturated rings. The van der Waals surface area contributed by atoms with Gasteiger partial charge in [0.2, 0.25) is 0 Å². The van der Waals surface area contributed by atoms with Crippen molar-refractivity contribution in [3.63, 3.8) is 0 Å². The predicted octanol–water partition coefficient (Wildman–Crippen LogP) is 3.27. The molecular formula is C15H10O4S. The molecule has 0 N–H and O–H groups in total. The maximum atomic E-state index is 12.4. The van der Waals surface area contributed by atoms with Crippen molar-refractivity contribution in [1.82, 2.24) is 0 Å². The third-order valence-electron chi connectivity index (χ3n) is 2.80. The van der Waals surface area contributed by atoms with Crippen LogP contribution in [0.3, 0.4) is 0 Å². The molecule has 0 unspecified atom stereocenters. The third kappa shape index (κ3) is 2.23. The van der Waals surface area contributed by atoms with Gasteiger partial charge in [0.15, 0.2) is 11.2 Å². The largest absolute Gasteiger partial charge is 0.352 e. The minimum atomic E-state index is -0.547. The maximum absolute atomic E-state index is 12.4. The fourth-order valence-corrected chi connectivity index (χ4v) is 2.99. The first-order chi connectivity index (χ1) is 9.65. The van der Waals surface area contributed by atoms with Crippen molar-refractivity contribution in [2.24, 2.45) is 0 Å². The van der Waals surface area contributed by atoms with E-state index in [2.05, 4.69) is 4.89 Å². The molecule has 100 valence electrons. The van der Waals surface area contributed by atoms with Crippen LogP contribution in [0.25, 0.3) is 20.2 Å². The zero-order valence-corrected chi connectivity index (χ0v) is 11.4. The van der Waals surface area contributed by atoms with E-state index in [1.54, 1.807) is 24.3 Å². The van der Waals surface area contributed by atoms with Crippen LogP contribution in [-0.2, 0) is 9.68 Å². The fourth-order valence-electron chi connectivity index (χ4n) is 1.94. The number of hydrogen-bond donors (Lipinski definition) is 0. The normalized spacial score (nSPS) is 10.7. The molecular weight excluding hydrogens is 276 g/mol. The highest BCUT2D eigenvalue weighted by Crippen LogP contribution is 2.27. The van der Waals surface area contributed by atoms with Gasteiger partial charge >= 0.3 is 5.97 Å². The molecule has 3 rings (SSSR count). The highest BCUT2D eigenvalue weighted by molar-refractivity contribution is 7.24. The quantitative estimate of drug-likeness (QED) is 0.412. The van der Waals surface area contributed by atoms with E-state index in [4.69, 9.17) is 4.89 Å². The van der Waals surface area contributed by atoms with Gasteiger partial charge in [-0.3, -0.25) is 14.6 Å². The molecule has 2 aromatic carbocycles. The lowest BCUT2D eigenvalue weighted by atomic mass is 10.2. The summed E-state index contributed by atoms with van der Waals surface area (Å²) in [5.41, 5.74) is -0.0531.